The number of aryl methyl sites for hydroxylation is 2. The summed E-state index contributed by atoms with van der Waals surface area (Å²) in [4.78, 5) is 13.0. The van der Waals surface area contributed by atoms with E-state index in [2.05, 4.69) is 5.32 Å². The third-order valence-electron chi connectivity index (χ3n) is 6.09. The summed E-state index contributed by atoms with van der Waals surface area (Å²) < 4.78 is 38.6. The molecular weight excluding hydrogens is 428 g/mol. The van der Waals surface area contributed by atoms with Crippen LogP contribution in [0.15, 0.2) is 45.9 Å². The smallest absolute Gasteiger partial charge is 0.243 e. The van der Waals surface area contributed by atoms with Crippen LogP contribution in [0.25, 0.3) is 11.0 Å². The Balaban J connectivity index is 1.57. The van der Waals surface area contributed by atoms with Gasteiger partial charge in [0.2, 0.25) is 15.9 Å². The summed E-state index contributed by atoms with van der Waals surface area (Å²) in [6.45, 7) is 5.04. The molecule has 2 heterocycles. The number of sulfonamides is 1. The molecule has 0 radical (unpaired) electrons. The van der Waals surface area contributed by atoms with E-state index >= 15 is 0 Å². The van der Waals surface area contributed by atoms with Gasteiger partial charge >= 0.3 is 0 Å². The number of hydrogen-bond acceptors (Lipinski definition) is 5. The van der Waals surface area contributed by atoms with Crippen LogP contribution in [-0.4, -0.2) is 38.8 Å². The summed E-state index contributed by atoms with van der Waals surface area (Å²) in [5, 5.41) is 3.72. The highest BCUT2D eigenvalue weighted by Gasteiger charge is 2.27. The van der Waals surface area contributed by atoms with Crippen molar-refractivity contribution < 1.29 is 22.4 Å². The van der Waals surface area contributed by atoms with E-state index in [0.717, 1.165) is 46.9 Å². The highest BCUT2D eigenvalue weighted by Crippen LogP contribution is 2.31. The normalized spacial score (nSPS) is 15.1. The molecule has 1 aliphatic rings. The van der Waals surface area contributed by atoms with Gasteiger partial charge in [0, 0.05) is 24.0 Å². The molecule has 0 aliphatic carbocycles. The van der Waals surface area contributed by atoms with Crippen molar-refractivity contribution in [3.05, 3.63) is 53.3 Å². The first-order valence-electron chi connectivity index (χ1n) is 10.8. The predicted molar refractivity (Wildman–Crippen MR) is 124 cm³/mol. The number of nitrogens with one attached hydrogen (secondary N) is 1. The zero-order valence-corrected chi connectivity index (χ0v) is 19.4. The number of hydrogen-bond donors (Lipinski definition) is 1. The number of piperidine rings is 1. The van der Waals surface area contributed by atoms with Crippen LogP contribution in [0.3, 0.4) is 0 Å². The van der Waals surface area contributed by atoms with Gasteiger partial charge in [0.05, 0.1) is 30.4 Å². The zero-order chi connectivity index (χ0) is 22.9. The fourth-order valence-corrected chi connectivity index (χ4v) is 5.64. The number of anilines is 1. The lowest BCUT2D eigenvalue weighted by Gasteiger charge is -2.26. The number of rotatable bonds is 6. The minimum atomic E-state index is -3.62. The molecule has 3 aromatic rings. The third-order valence-corrected chi connectivity index (χ3v) is 7.99. The van der Waals surface area contributed by atoms with Crippen molar-refractivity contribution in [2.75, 3.05) is 25.5 Å². The van der Waals surface area contributed by atoms with E-state index in [1.807, 2.05) is 26.0 Å². The average Bonchev–Trinajstić information content (AvgIpc) is 3.20. The molecule has 170 valence electrons. The van der Waals surface area contributed by atoms with Crippen LogP contribution in [0.1, 0.15) is 36.0 Å². The maximum absolute atomic E-state index is 13.0. The zero-order valence-electron chi connectivity index (χ0n) is 18.6. The van der Waals surface area contributed by atoms with Gasteiger partial charge in [0.15, 0.2) is 0 Å². The summed E-state index contributed by atoms with van der Waals surface area (Å²) >= 11 is 0. The standard InChI is InChI=1S/C24H28N2O5S/c1-16-7-9-20-18(15-31-24(20)17(16)2)13-23(27)25-21-14-19(8-10-22(21)30-3)32(28,29)26-11-5-4-6-12-26/h7-10,14-15H,4-6,11-13H2,1-3H3,(H,25,27). The van der Waals surface area contributed by atoms with Gasteiger partial charge in [0.25, 0.3) is 0 Å². The third kappa shape index (κ3) is 4.25. The Morgan fingerprint density at radius 2 is 1.88 bits per heavy atom. The van der Waals surface area contributed by atoms with Crippen molar-refractivity contribution >= 4 is 32.6 Å². The van der Waals surface area contributed by atoms with Crippen LogP contribution < -0.4 is 10.1 Å². The topological polar surface area (TPSA) is 88.9 Å². The molecule has 8 heteroatoms. The van der Waals surface area contributed by atoms with Gasteiger partial charge in [0.1, 0.15) is 11.3 Å². The van der Waals surface area contributed by atoms with E-state index in [-0.39, 0.29) is 17.2 Å². The molecule has 1 saturated heterocycles. The van der Waals surface area contributed by atoms with Gasteiger partial charge < -0.3 is 14.5 Å². The summed E-state index contributed by atoms with van der Waals surface area (Å²) in [6, 6.07) is 8.53. The van der Waals surface area contributed by atoms with Crippen LogP contribution >= 0.6 is 0 Å². The minimum Gasteiger partial charge on any atom is -0.495 e. The molecule has 4 rings (SSSR count). The lowest BCUT2D eigenvalue weighted by Crippen LogP contribution is -2.35. The highest BCUT2D eigenvalue weighted by molar-refractivity contribution is 7.89. The van der Waals surface area contributed by atoms with Gasteiger partial charge in [-0.25, -0.2) is 8.42 Å². The molecule has 0 spiro atoms. The number of nitrogens with zero attached hydrogens (tertiary/aromatic N) is 1. The first-order valence-corrected chi connectivity index (χ1v) is 12.2. The van der Waals surface area contributed by atoms with Gasteiger partial charge in [-0.15, -0.1) is 0 Å². The SMILES string of the molecule is COc1ccc(S(=O)(=O)N2CCCCC2)cc1NC(=O)Cc1coc2c(C)c(C)ccc12. The van der Waals surface area contributed by atoms with Crippen LogP contribution in [0.5, 0.6) is 5.75 Å². The quantitative estimate of drug-likeness (QED) is 0.593. The van der Waals surface area contributed by atoms with Crippen LogP contribution in [0.2, 0.25) is 0 Å². The molecule has 1 amide bonds. The number of furan rings is 1. The largest absolute Gasteiger partial charge is 0.495 e. The van der Waals surface area contributed by atoms with Gasteiger partial charge in [-0.3, -0.25) is 4.79 Å². The second-order valence-corrected chi connectivity index (χ2v) is 10.1. The molecule has 1 N–H and O–H groups in total. The monoisotopic (exact) mass is 456 g/mol. The summed E-state index contributed by atoms with van der Waals surface area (Å²) in [5.74, 6) is 0.121. The highest BCUT2D eigenvalue weighted by atomic mass is 32.2. The van der Waals surface area contributed by atoms with Gasteiger partial charge in [-0.1, -0.05) is 18.6 Å². The maximum Gasteiger partial charge on any atom is 0.243 e. The molecule has 0 atom stereocenters. The number of ether oxygens (including phenoxy) is 1. The molecule has 0 unspecified atom stereocenters. The lowest BCUT2D eigenvalue weighted by atomic mass is 10.0. The molecule has 2 aromatic carbocycles. The van der Waals surface area contributed by atoms with E-state index in [0.29, 0.717) is 24.5 Å². The lowest BCUT2D eigenvalue weighted by molar-refractivity contribution is -0.115. The van der Waals surface area contributed by atoms with E-state index in [9.17, 15) is 13.2 Å². The fraction of sp³-hybridized carbons (Fsp3) is 0.375. The number of fused-ring (bicyclic) bond motifs is 1. The molecule has 1 fully saturated rings. The molecule has 32 heavy (non-hydrogen) atoms. The van der Waals surface area contributed by atoms with Crippen molar-refractivity contribution in [2.45, 2.75) is 44.4 Å². The van der Waals surface area contributed by atoms with Crippen molar-refractivity contribution in [3.8, 4) is 5.75 Å². The molecule has 0 bridgehead atoms. The molecule has 7 nitrogen and oxygen atoms in total. The van der Waals surface area contributed by atoms with Gasteiger partial charge in [-0.05, 0) is 56.0 Å². The van der Waals surface area contributed by atoms with Crippen LogP contribution in [0.4, 0.5) is 5.69 Å². The van der Waals surface area contributed by atoms with E-state index < -0.39 is 10.0 Å². The maximum atomic E-state index is 13.0. The van der Waals surface area contributed by atoms with Crippen LogP contribution in [-0.2, 0) is 21.2 Å². The number of amides is 1. The van der Waals surface area contributed by atoms with Gasteiger partial charge in [-0.2, -0.15) is 4.31 Å². The molecule has 1 aliphatic heterocycles. The van der Waals surface area contributed by atoms with E-state index in [1.54, 1.807) is 12.3 Å². The Labute approximate surface area is 188 Å². The Morgan fingerprint density at radius 3 is 2.59 bits per heavy atom. The van der Waals surface area contributed by atoms with E-state index in [4.69, 9.17) is 9.15 Å². The van der Waals surface area contributed by atoms with Crippen molar-refractivity contribution in [2.24, 2.45) is 0 Å². The number of benzene rings is 2. The van der Waals surface area contributed by atoms with Crippen LogP contribution in [0, 0.1) is 13.8 Å². The van der Waals surface area contributed by atoms with Crippen molar-refractivity contribution in [1.82, 2.24) is 4.31 Å². The number of methoxy groups -OCH3 is 1. The fourth-order valence-electron chi connectivity index (χ4n) is 4.09. The number of carbonyl (C=O) groups is 1. The Hall–Kier alpha value is -2.84. The summed E-state index contributed by atoms with van der Waals surface area (Å²) in [7, 11) is -2.14. The average molecular weight is 457 g/mol. The molecular formula is C24H28N2O5S. The number of carbonyl (C=O) groups excluding carboxylic acids is 1. The minimum absolute atomic E-state index is 0.0990. The van der Waals surface area contributed by atoms with E-state index in [1.165, 1.54) is 23.5 Å². The van der Waals surface area contributed by atoms with Crippen molar-refractivity contribution in [1.29, 1.82) is 0 Å². The first-order chi connectivity index (χ1) is 15.3. The Kier molecular flexibility index (Phi) is 6.26. The second kappa shape index (κ2) is 8.96. The summed E-state index contributed by atoms with van der Waals surface area (Å²) in [5.41, 5.74) is 4.05. The molecule has 1 aromatic heterocycles. The summed E-state index contributed by atoms with van der Waals surface area (Å²) in [6.07, 6.45) is 4.46. The molecule has 0 saturated carbocycles. The Morgan fingerprint density at radius 1 is 1.12 bits per heavy atom. The first kappa shape index (κ1) is 22.4. The van der Waals surface area contributed by atoms with Crippen molar-refractivity contribution in [3.63, 3.8) is 0 Å². The Bertz CT molecular complexity index is 1260. The predicted octanol–water partition coefficient (Wildman–Crippen LogP) is 4.41. The second-order valence-electron chi connectivity index (χ2n) is 8.20.